The van der Waals surface area contributed by atoms with Gasteiger partial charge in [-0.15, -0.1) is 25.6 Å². The summed E-state index contributed by atoms with van der Waals surface area (Å²) in [6.45, 7) is 0. The van der Waals surface area contributed by atoms with E-state index in [2.05, 4.69) is 41.2 Å². The maximum absolute atomic E-state index is 13.9. The molecule has 7 N–H and O–H groups in total. The fourth-order valence-electron chi connectivity index (χ4n) is 6.40. The minimum absolute atomic E-state index is 0.00240. The number of methoxy groups -OCH3 is 2. The van der Waals surface area contributed by atoms with Gasteiger partial charge in [0, 0.05) is 34.0 Å². The second kappa shape index (κ2) is 18.5. The van der Waals surface area contributed by atoms with Crippen molar-refractivity contribution in [3.8, 4) is 11.5 Å². The first kappa shape index (κ1) is 48.2. The number of carbonyl (C=O) groups excluding carboxylic acids is 1. The number of Topliss-reactive ketones (excluding diaryl/α,β-unsaturated/α-hetero) is 1. The van der Waals surface area contributed by atoms with Crippen LogP contribution in [-0.2, 0) is 40.5 Å². The van der Waals surface area contributed by atoms with Crippen LogP contribution in [0.1, 0.15) is 15.9 Å². The first-order chi connectivity index (χ1) is 32.0. The van der Waals surface area contributed by atoms with Crippen LogP contribution in [0.2, 0.25) is 0 Å². The summed E-state index contributed by atoms with van der Waals surface area (Å²) in [6.07, 6.45) is 0.883. The number of ether oxygens (including phenoxy) is 2. The van der Waals surface area contributed by atoms with Crippen molar-refractivity contribution >= 4 is 114 Å². The lowest BCUT2D eigenvalue weighted by atomic mass is 9.92. The highest BCUT2D eigenvalue weighted by atomic mass is 32.2. The molecule has 0 saturated carbocycles. The summed E-state index contributed by atoms with van der Waals surface area (Å²) in [4.78, 5) is 11.4. The molecule has 350 valence electrons. The molecule has 1 aliphatic carbocycles. The molecule has 28 heteroatoms. The van der Waals surface area contributed by atoms with E-state index in [4.69, 9.17) is 15.2 Å². The van der Waals surface area contributed by atoms with Gasteiger partial charge in [0.15, 0.2) is 5.71 Å². The topological polar surface area (TPSA) is 378 Å². The maximum atomic E-state index is 13.9. The number of nitrogens with zero attached hydrogens (tertiary/aromatic N) is 7. The van der Waals surface area contributed by atoms with Crippen LogP contribution in [0.15, 0.2) is 159 Å². The minimum atomic E-state index is -5.21. The van der Waals surface area contributed by atoms with Crippen molar-refractivity contribution in [1.82, 2.24) is 0 Å². The van der Waals surface area contributed by atoms with E-state index in [9.17, 15) is 56.7 Å². The van der Waals surface area contributed by atoms with Gasteiger partial charge >= 0.3 is 0 Å². The zero-order chi connectivity index (χ0) is 49.3. The number of rotatable bonds is 14. The summed E-state index contributed by atoms with van der Waals surface area (Å²) in [5.41, 5.74) is 6.98. The van der Waals surface area contributed by atoms with Gasteiger partial charge in [0.25, 0.3) is 40.5 Å². The summed E-state index contributed by atoms with van der Waals surface area (Å²) >= 11 is 0. The van der Waals surface area contributed by atoms with Crippen molar-refractivity contribution in [2.45, 2.75) is 14.7 Å². The molecule has 0 spiro atoms. The van der Waals surface area contributed by atoms with Crippen LogP contribution in [0.4, 0.5) is 45.5 Å². The summed E-state index contributed by atoms with van der Waals surface area (Å²) in [5, 5.41) is 28.8. The zero-order valence-electron chi connectivity index (χ0n) is 34.5. The van der Waals surface area contributed by atoms with Gasteiger partial charge in [-0.05, 0) is 72.8 Å². The smallest absolute Gasteiger partial charge is 0.296 e. The number of nitrogens with two attached hydrogens (primary N) is 1. The Bertz CT molecular complexity index is 3730. The molecule has 0 aliphatic heterocycles. The number of ketones is 1. The number of hydrogen-bond donors (Lipinski definition) is 6. The van der Waals surface area contributed by atoms with Gasteiger partial charge in [0.1, 0.15) is 44.0 Å². The van der Waals surface area contributed by atoms with Gasteiger partial charge in [0.05, 0.1) is 46.8 Å². The first-order valence-electron chi connectivity index (χ1n) is 18.7. The molecule has 0 bridgehead atoms. The van der Waals surface area contributed by atoms with E-state index in [1.807, 2.05) is 0 Å². The average molecular weight is 1010 g/mol. The quantitative estimate of drug-likeness (QED) is 0.0258. The van der Waals surface area contributed by atoms with Crippen LogP contribution in [0, 0.1) is 0 Å². The third-order valence-corrected chi connectivity index (χ3v) is 13.0. The Balaban J connectivity index is 1.24. The van der Waals surface area contributed by atoms with Crippen LogP contribution in [0.25, 0.3) is 16.8 Å². The van der Waals surface area contributed by atoms with E-state index in [0.29, 0.717) is 0 Å². The number of fused-ring (bicyclic) bond motifs is 2. The van der Waals surface area contributed by atoms with Crippen molar-refractivity contribution in [2.24, 2.45) is 35.8 Å². The molecule has 24 nitrogen and oxygen atoms in total. The van der Waals surface area contributed by atoms with Crippen LogP contribution < -0.4 is 20.6 Å². The SMILES string of the molecule is COc1cc(N/N=C2/C(=O)c3ccc(N)c(N=Nc4cccc(S(=O)(=O)O)c4)c3C=C2S(=O)(=O)O)c(OC)cc1N=Nc1ccc(N=Nc2ccccc2S(=O)(=O)O)c2ccc(S(=O)(=O)O)cc12. The van der Waals surface area contributed by atoms with E-state index in [0.717, 1.165) is 36.4 Å². The normalized spacial score (nSPS) is 14.2. The highest BCUT2D eigenvalue weighted by molar-refractivity contribution is 7.91. The van der Waals surface area contributed by atoms with Crippen molar-refractivity contribution in [1.29, 1.82) is 0 Å². The molecule has 0 radical (unpaired) electrons. The highest BCUT2D eigenvalue weighted by Gasteiger charge is 2.35. The number of nitrogen functional groups attached to an aromatic ring is 1. The third-order valence-electron chi connectivity index (χ3n) is 9.58. The number of hydrazone groups is 1. The molecular weight excluding hydrogens is 975 g/mol. The summed E-state index contributed by atoms with van der Waals surface area (Å²) < 4.78 is 147. The molecule has 7 rings (SSSR count). The van der Waals surface area contributed by atoms with E-state index in [1.165, 1.54) is 87.0 Å². The number of benzene rings is 6. The molecule has 6 aromatic rings. The van der Waals surface area contributed by atoms with Crippen molar-refractivity contribution in [3.05, 3.63) is 119 Å². The van der Waals surface area contributed by atoms with Crippen LogP contribution in [0.5, 0.6) is 11.5 Å². The first-order valence-corrected chi connectivity index (χ1v) is 24.4. The van der Waals surface area contributed by atoms with Gasteiger partial charge < -0.3 is 15.2 Å². The zero-order valence-corrected chi connectivity index (χ0v) is 37.8. The lowest BCUT2D eigenvalue weighted by molar-refractivity contribution is 0.106. The number of carbonyl (C=O) groups is 1. The lowest BCUT2D eigenvalue weighted by Gasteiger charge is -2.18. The van der Waals surface area contributed by atoms with E-state index < -0.39 is 71.6 Å². The lowest BCUT2D eigenvalue weighted by Crippen LogP contribution is -2.27. The number of anilines is 2. The second-order valence-corrected chi connectivity index (χ2v) is 19.5. The third kappa shape index (κ3) is 10.3. The molecule has 0 amide bonds. The van der Waals surface area contributed by atoms with E-state index in [1.54, 1.807) is 0 Å². The molecule has 0 fully saturated rings. The molecule has 0 heterocycles. The molecule has 0 aromatic heterocycles. The number of azo groups is 3. The Hall–Kier alpha value is -7.70. The minimum Gasteiger partial charge on any atom is -0.494 e. The molecule has 1 aliphatic rings. The number of allylic oxidation sites excluding steroid dienone is 1. The molecule has 68 heavy (non-hydrogen) atoms. The number of nitrogens with one attached hydrogen (secondary N) is 1. The fourth-order valence-corrected chi connectivity index (χ4v) is 8.70. The van der Waals surface area contributed by atoms with Crippen molar-refractivity contribution in [2.75, 3.05) is 25.4 Å². The van der Waals surface area contributed by atoms with Gasteiger partial charge in [0.2, 0.25) is 5.78 Å². The Morgan fingerprint density at radius 1 is 0.559 bits per heavy atom. The standard InChI is InChI=1S/C40H31N9O15S4/c1-63-34-20-33(47-49-39-37(68(60,61)62)18-27-25(40(39)50)12-13-28(41)38(27)48-42-21-6-5-7-22(16-21)65(51,52)53)35(64-2)19-32(34)46-44-30-15-14-29(24-11-10-23(17-26(24)30)66(54,55)56)43-45-31-8-3-4-9-36(31)67(57,58)59/h3-20,47H,41H2,1-2H3,(H,51,52,53)(H,54,55,56)(H,57,58,59)(H,60,61,62)/b45-43?,46-44?,48-42?,49-39+. The van der Waals surface area contributed by atoms with Gasteiger partial charge in [-0.25, -0.2) is 0 Å². The fraction of sp³-hybridized carbons (Fsp3) is 0.0500. The summed E-state index contributed by atoms with van der Waals surface area (Å²) in [6, 6.07) is 21.3. The Morgan fingerprint density at radius 3 is 1.84 bits per heavy atom. The molecule has 0 unspecified atom stereocenters. The largest absolute Gasteiger partial charge is 0.494 e. The van der Waals surface area contributed by atoms with Crippen LogP contribution in [-0.4, -0.2) is 77.6 Å². The molecule has 6 aromatic carbocycles. The summed E-state index contributed by atoms with van der Waals surface area (Å²) in [7, 11) is -16.7. The number of hydrogen-bond acceptors (Lipinski definition) is 20. The molecule has 0 saturated heterocycles. The van der Waals surface area contributed by atoms with Gasteiger partial charge in [-0.1, -0.05) is 24.3 Å². The van der Waals surface area contributed by atoms with E-state index >= 15 is 0 Å². The predicted octanol–water partition coefficient (Wildman–Crippen LogP) is 8.32. The molecular formula is C40H31N9O15S4. The maximum Gasteiger partial charge on any atom is 0.296 e. The monoisotopic (exact) mass is 1010 g/mol. The Morgan fingerprint density at radius 2 is 1.19 bits per heavy atom. The van der Waals surface area contributed by atoms with Gasteiger partial charge in [-0.3, -0.25) is 28.4 Å². The van der Waals surface area contributed by atoms with Crippen LogP contribution >= 0.6 is 0 Å². The van der Waals surface area contributed by atoms with Gasteiger partial charge in [-0.2, -0.15) is 43.9 Å². The van der Waals surface area contributed by atoms with E-state index in [-0.39, 0.29) is 78.9 Å². The highest BCUT2D eigenvalue weighted by Crippen LogP contribution is 2.42. The Labute approximate surface area is 385 Å². The summed E-state index contributed by atoms with van der Waals surface area (Å²) in [5.74, 6) is -1.07. The average Bonchev–Trinajstić information content (AvgIpc) is 3.28. The molecule has 0 atom stereocenters. The second-order valence-electron chi connectivity index (χ2n) is 13.9. The Kier molecular flexibility index (Phi) is 13.1. The van der Waals surface area contributed by atoms with Crippen molar-refractivity contribution < 1.29 is 66.2 Å². The predicted molar refractivity (Wildman–Crippen MR) is 244 cm³/mol. The van der Waals surface area contributed by atoms with Crippen molar-refractivity contribution in [3.63, 3.8) is 0 Å². The van der Waals surface area contributed by atoms with Crippen LogP contribution in [0.3, 0.4) is 0 Å².